The van der Waals surface area contributed by atoms with Gasteiger partial charge in [-0.2, -0.15) is 0 Å². The Bertz CT molecular complexity index is 273. The van der Waals surface area contributed by atoms with Crippen molar-refractivity contribution in [2.75, 3.05) is 23.3 Å². The van der Waals surface area contributed by atoms with Gasteiger partial charge < -0.3 is 16.8 Å². The Hall–Kier alpha value is -1.52. The molecule has 1 aromatic heterocycles. The van der Waals surface area contributed by atoms with Gasteiger partial charge in [0, 0.05) is 6.54 Å². The summed E-state index contributed by atoms with van der Waals surface area (Å²) in [5, 5.41) is 3.10. The first-order valence-corrected chi connectivity index (χ1v) is 4.35. The molecule has 0 amide bonds. The Morgan fingerprint density at radius 1 is 1.38 bits per heavy atom. The van der Waals surface area contributed by atoms with Crippen LogP contribution in [0.15, 0.2) is 6.33 Å². The maximum absolute atomic E-state index is 5.65. The zero-order valence-electron chi connectivity index (χ0n) is 7.75. The number of nitrogens with zero attached hydrogens (tertiary/aromatic N) is 2. The normalized spacial score (nSPS) is 9.92. The summed E-state index contributed by atoms with van der Waals surface area (Å²) in [5.74, 6) is 0.954. The number of hydrogen-bond acceptors (Lipinski definition) is 5. The van der Waals surface area contributed by atoms with Crippen molar-refractivity contribution in [1.82, 2.24) is 9.97 Å². The van der Waals surface area contributed by atoms with Gasteiger partial charge in [0.05, 0.1) is 0 Å². The smallest absolute Gasteiger partial charge is 0.154 e. The minimum Gasteiger partial charge on any atom is -0.393 e. The number of nitrogens with two attached hydrogens (primary N) is 2. The molecule has 0 saturated heterocycles. The second-order valence-electron chi connectivity index (χ2n) is 2.80. The highest BCUT2D eigenvalue weighted by Gasteiger charge is 2.02. The Morgan fingerprint density at radius 2 is 2.15 bits per heavy atom. The molecular formula is C8H15N5. The number of anilines is 3. The summed E-state index contributed by atoms with van der Waals surface area (Å²) in [6.07, 6.45) is 3.62. The van der Waals surface area contributed by atoms with Gasteiger partial charge >= 0.3 is 0 Å². The SMILES string of the molecule is CCCCNc1ncnc(N)c1N. The van der Waals surface area contributed by atoms with E-state index in [1.54, 1.807) is 0 Å². The van der Waals surface area contributed by atoms with Crippen LogP contribution in [-0.4, -0.2) is 16.5 Å². The van der Waals surface area contributed by atoms with Crippen molar-refractivity contribution in [2.45, 2.75) is 19.8 Å². The summed E-state index contributed by atoms with van der Waals surface area (Å²) in [7, 11) is 0. The van der Waals surface area contributed by atoms with Crippen molar-refractivity contribution in [2.24, 2.45) is 0 Å². The number of nitrogen functional groups attached to an aromatic ring is 2. The zero-order valence-corrected chi connectivity index (χ0v) is 7.75. The standard InChI is InChI=1S/C8H15N5/c1-2-3-4-11-8-6(9)7(10)12-5-13-8/h5H,2-4,9H2,1H3,(H3,10,11,12,13). The molecule has 72 valence electrons. The summed E-state index contributed by atoms with van der Waals surface area (Å²) >= 11 is 0. The highest BCUT2D eigenvalue weighted by atomic mass is 15.1. The first-order chi connectivity index (χ1) is 6.25. The Morgan fingerprint density at radius 3 is 2.85 bits per heavy atom. The Labute approximate surface area is 77.6 Å². The minimum atomic E-state index is 0.328. The first kappa shape index (κ1) is 9.57. The highest BCUT2D eigenvalue weighted by molar-refractivity contribution is 5.71. The molecule has 0 aliphatic heterocycles. The van der Waals surface area contributed by atoms with Crippen molar-refractivity contribution in [3.05, 3.63) is 6.33 Å². The number of nitrogens with one attached hydrogen (secondary N) is 1. The molecule has 0 atom stereocenters. The molecule has 1 aromatic rings. The van der Waals surface area contributed by atoms with Crippen LogP contribution in [0.3, 0.4) is 0 Å². The molecule has 13 heavy (non-hydrogen) atoms. The van der Waals surface area contributed by atoms with Crippen LogP contribution in [0.2, 0.25) is 0 Å². The van der Waals surface area contributed by atoms with Gasteiger partial charge in [0.1, 0.15) is 12.0 Å². The van der Waals surface area contributed by atoms with Crippen molar-refractivity contribution in [3.8, 4) is 0 Å². The fourth-order valence-corrected chi connectivity index (χ4v) is 0.934. The molecule has 0 aromatic carbocycles. The van der Waals surface area contributed by atoms with E-state index in [2.05, 4.69) is 22.2 Å². The van der Waals surface area contributed by atoms with Crippen molar-refractivity contribution >= 4 is 17.3 Å². The lowest BCUT2D eigenvalue weighted by Crippen LogP contribution is -2.08. The number of unbranched alkanes of at least 4 members (excludes halogenated alkanes) is 1. The lowest BCUT2D eigenvalue weighted by molar-refractivity contribution is 0.831. The van der Waals surface area contributed by atoms with Gasteiger partial charge in [-0.25, -0.2) is 9.97 Å². The minimum absolute atomic E-state index is 0.328. The maximum Gasteiger partial charge on any atom is 0.154 e. The predicted octanol–water partition coefficient (Wildman–Crippen LogP) is 0.853. The number of hydrogen-bond donors (Lipinski definition) is 3. The average molecular weight is 181 g/mol. The van der Waals surface area contributed by atoms with Crippen LogP contribution in [0, 0.1) is 0 Å². The van der Waals surface area contributed by atoms with Gasteiger partial charge in [0.15, 0.2) is 11.6 Å². The molecule has 0 saturated carbocycles. The Kier molecular flexibility index (Phi) is 3.31. The third-order valence-corrected chi connectivity index (χ3v) is 1.74. The van der Waals surface area contributed by atoms with Gasteiger partial charge in [0.2, 0.25) is 0 Å². The van der Waals surface area contributed by atoms with Gasteiger partial charge in [-0.1, -0.05) is 13.3 Å². The molecule has 0 aliphatic carbocycles. The molecule has 5 heteroatoms. The number of aromatic nitrogens is 2. The lowest BCUT2D eigenvalue weighted by atomic mass is 10.3. The fraction of sp³-hybridized carbons (Fsp3) is 0.500. The van der Waals surface area contributed by atoms with Crippen LogP contribution in [0.5, 0.6) is 0 Å². The summed E-state index contributed by atoms with van der Waals surface area (Å²) in [6, 6.07) is 0. The third-order valence-electron chi connectivity index (χ3n) is 1.74. The molecule has 0 bridgehead atoms. The summed E-state index contributed by atoms with van der Waals surface area (Å²) in [6.45, 7) is 2.98. The largest absolute Gasteiger partial charge is 0.393 e. The Balaban J connectivity index is 2.61. The van der Waals surface area contributed by atoms with E-state index in [0.717, 1.165) is 19.4 Å². The number of rotatable bonds is 4. The summed E-state index contributed by atoms with van der Waals surface area (Å²) in [4.78, 5) is 7.75. The quantitative estimate of drug-likeness (QED) is 0.599. The van der Waals surface area contributed by atoms with E-state index < -0.39 is 0 Å². The molecule has 0 unspecified atom stereocenters. The van der Waals surface area contributed by atoms with Crippen LogP contribution in [0.1, 0.15) is 19.8 Å². The second kappa shape index (κ2) is 4.49. The van der Waals surface area contributed by atoms with Crippen LogP contribution in [0.25, 0.3) is 0 Å². The topological polar surface area (TPSA) is 89.8 Å². The van der Waals surface area contributed by atoms with E-state index in [1.807, 2.05) is 0 Å². The fourth-order valence-electron chi connectivity index (χ4n) is 0.934. The molecule has 5 N–H and O–H groups in total. The molecule has 1 rings (SSSR count). The van der Waals surface area contributed by atoms with E-state index >= 15 is 0 Å². The van der Waals surface area contributed by atoms with Gasteiger partial charge in [-0.15, -0.1) is 0 Å². The van der Waals surface area contributed by atoms with E-state index in [9.17, 15) is 0 Å². The van der Waals surface area contributed by atoms with E-state index in [1.165, 1.54) is 6.33 Å². The third kappa shape index (κ3) is 2.47. The monoisotopic (exact) mass is 181 g/mol. The molecule has 1 heterocycles. The second-order valence-corrected chi connectivity index (χ2v) is 2.80. The molecule has 0 fully saturated rings. The van der Waals surface area contributed by atoms with Crippen LogP contribution < -0.4 is 16.8 Å². The van der Waals surface area contributed by atoms with Gasteiger partial charge in [-0.3, -0.25) is 0 Å². The molecular weight excluding hydrogens is 166 g/mol. The van der Waals surface area contributed by atoms with Crippen LogP contribution in [-0.2, 0) is 0 Å². The van der Waals surface area contributed by atoms with Crippen LogP contribution >= 0.6 is 0 Å². The van der Waals surface area contributed by atoms with Crippen LogP contribution in [0.4, 0.5) is 17.3 Å². The summed E-state index contributed by atoms with van der Waals surface area (Å²) < 4.78 is 0. The highest BCUT2D eigenvalue weighted by Crippen LogP contribution is 2.18. The molecule has 0 aliphatic rings. The van der Waals surface area contributed by atoms with Crippen molar-refractivity contribution < 1.29 is 0 Å². The van der Waals surface area contributed by atoms with E-state index in [4.69, 9.17) is 11.5 Å². The van der Waals surface area contributed by atoms with E-state index in [-0.39, 0.29) is 0 Å². The first-order valence-electron chi connectivity index (χ1n) is 4.35. The lowest BCUT2D eigenvalue weighted by Gasteiger charge is -2.07. The average Bonchev–Trinajstić information content (AvgIpc) is 2.13. The van der Waals surface area contributed by atoms with E-state index in [0.29, 0.717) is 17.3 Å². The van der Waals surface area contributed by atoms with Gasteiger partial charge in [0.25, 0.3) is 0 Å². The molecule has 5 nitrogen and oxygen atoms in total. The van der Waals surface area contributed by atoms with Gasteiger partial charge in [-0.05, 0) is 6.42 Å². The summed E-state index contributed by atoms with van der Waals surface area (Å²) in [5.41, 5.74) is 11.6. The zero-order chi connectivity index (χ0) is 9.68. The van der Waals surface area contributed by atoms with Crippen molar-refractivity contribution in [3.63, 3.8) is 0 Å². The molecule has 0 spiro atoms. The predicted molar refractivity (Wildman–Crippen MR) is 54.3 cm³/mol. The molecule has 0 radical (unpaired) electrons. The van der Waals surface area contributed by atoms with Crippen molar-refractivity contribution in [1.29, 1.82) is 0 Å². The maximum atomic E-state index is 5.65.